The predicted octanol–water partition coefficient (Wildman–Crippen LogP) is 3.05. The van der Waals surface area contributed by atoms with Crippen LogP contribution >= 0.6 is 0 Å². The van der Waals surface area contributed by atoms with E-state index in [1.165, 1.54) is 6.42 Å². The van der Waals surface area contributed by atoms with Crippen molar-refractivity contribution >= 4 is 11.9 Å². The number of nitrogens with zero attached hydrogens (tertiary/aromatic N) is 2. The van der Waals surface area contributed by atoms with Crippen LogP contribution in [-0.2, 0) is 9.59 Å². The third kappa shape index (κ3) is 5.07. The van der Waals surface area contributed by atoms with Crippen LogP contribution in [0.3, 0.4) is 0 Å². The van der Waals surface area contributed by atoms with Crippen molar-refractivity contribution < 1.29 is 14.7 Å². The number of carbonyl (C=O) groups excluding carboxylic acids is 1. The Morgan fingerprint density at radius 3 is 2.50 bits per heavy atom. The molecule has 0 saturated carbocycles. The average molecular weight is 336 g/mol. The van der Waals surface area contributed by atoms with Gasteiger partial charge in [0.15, 0.2) is 0 Å². The molecule has 0 unspecified atom stereocenters. The van der Waals surface area contributed by atoms with Crippen LogP contribution in [0, 0.1) is 0 Å². The van der Waals surface area contributed by atoms with E-state index in [0.29, 0.717) is 13.0 Å². The number of amides is 1. The summed E-state index contributed by atoms with van der Waals surface area (Å²) in [6.07, 6.45) is 12.0. The van der Waals surface area contributed by atoms with Crippen LogP contribution in [0.25, 0.3) is 0 Å². The SMILES string of the molecule is C=CCCCCC[C@@H](C(=O)N1CCC[C@H]1C(=O)O)N1CCCCC1. The highest BCUT2D eigenvalue weighted by molar-refractivity contribution is 5.87. The molecule has 2 saturated heterocycles. The average Bonchev–Trinajstić information content (AvgIpc) is 3.08. The molecule has 2 aliphatic rings. The molecule has 0 radical (unpaired) electrons. The fourth-order valence-corrected chi connectivity index (χ4v) is 3.97. The van der Waals surface area contributed by atoms with E-state index < -0.39 is 12.0 Å². The fourth-order valence-electron chi connectivity index (χ4n) is 3.97. The van der Waals surface area contributed by atoms with Crippen molar-refractivity contribution in [3.63, 3.8) is 0 Å². The molecule has 0 aromatic rings. The van der Waals surface area contributed by atoms with Gasteiger partial charge in [0.2, 0.25) is 5.91 Å². The lowest BCUT2D eigenvalue weighted by Crippen LogP contribution is -2.52. The quantitative estimate of drug-likeness (QED) is 0.519. The second-order valence-electron chi connectivity index (χ2n) is 7.07. The summed E-state index contributed by atoms with van der Waals surface area (Å²) in [6, 6.07) is -0.750. The van der Waals surface area contributed by atoms with Crippen molar-refractivity contribution in [1.82, 2.24) is 9.80 Å². The van der Waals surface area contributed by atoms with Gasteiger partial charge in [0, 0.05) is 6.54 Å². The molecule has 24 heavy (non-hydrogen) atoms. The van der Waals surface area contributed by atoms with Crippen LogP contribution in [0.4, 0.5) is 0 Å². The van der Waals surface area contributed by atoms with Crippen molar-refractivity contribution in [1.29, 1.82) is 0 Å². The van der Waals surface area contributed by atoms with Gasteiger partial charge in [-0.15, -0.1) is 6.58 Å². The highest BCUT2D eigenvalue weighted by Crippen LogP contribution is 2.24. The first-order chi connectivity index (χ1) is 11.6. The Morgan fingerprint density at radius 2 is 1.83 bits per heavy atom. The first-order valence-electron chi connectivity index (χ1n) is 9.53. The van der Waals surface area contributed by atoms with Crippen LogP contribution in [0.5, 0.6) is 0 Å². The molecule has 1 amide bonds. The zero-order valence-corrected chi connectivity index (χ0v) is 14.8. The molecule has 1 N–H and O–H groups in total. The Balaban J connectivity index is 1.98. The number of hydrogen-bond donors (Lipinski definition) is 1. The van der Waals surface area contributed by atoms with Gasteiger partial charge in [-0.3, -0.25) is 9.69 Å². The van der Waals surface area contributed by atoms with Crippen molar-refractivity contribution in [2.75, 3.05) is 19.6 Å². The molecule has 0 aliphatic carbocycles. The molecule has 2 atom stereocenters. The Morgan fingerprint density at radius 1 is 1.08 bits per heavy atom. The van der Waals surface area contributed by atoms with E-state index in [1.54, 1.807) is 4.90 Å². The number of rotatable bonds is 9. The molecule has 0 aromatic heterocycles. The molecule has 136 valence electrons. The van der Waals surface area contributed by atoms with Crippen molar-refractivity contribution in [3.8, 4) is 0 Å². The van der Waals surface area contributed by atoms with Gasteiger partial charge in [-0.25, -0.2) is 4.79 Å². The van der Waals surface area contributed by atoms with Crippen LogP contribution in [0.1, 0.15) is 64.2 Å². The number of hydrogen-bond acceptors (Lipinski definition) is 3. The summed E-state index contributed by atoms with van der Waals surface area (Å²) in [4.78, 5) is 28.4. The summed E-state index contributed by atoms with van der Waals surface area (Å²) >= 11 is 0. The van der Waals surface area contributed by atoms with Gasteiger partial charge in [-0.05, 0) is 58.0 Å². The maximum Gasteiger partial charge on any atom is 0.326 e. The molecule has 2 rings (SSSR count). The van der Waals surface area contributed by atoms with Gasteiger partial charge in [-0.1, -0.05) is 25.3 Å². The standard InChI is InChI=1S/C19H32N2O3/c1-2-3-4-5-7-11-16(20-13-8-6-9-14-20)18(22)21-15-10-12-17(21)19(23)24/h2,16-17H,1,3-15H2,(H,23,24)/t16-,17-/m0/s1. The molecule has 0 aromatic carbocycles. The van der Waals surface area contributed by atoms with Crippen LogP contribution < -0.4 is 0 Å². The van der Waals surface area contributed by atoms with E-state index in [4.69, 9.17) is 0 Å². The van der Waals surface area contributed by atoms with Gasteiger partial charge < -0.3 is 10.0 Å². The highest BCUT2D eigenvalue weighted by Gasteiger charge is 2.38. The Bertz CT molecular complexity index is 432. The fraction of sp³-hybridized carbons (Fsp3) is 0.789. The Kier molecular flexibility index (Phi) is 7.76. The van der Waals surface area contributed by atoms with E-state index in [9.17, 15) is 14.7 Å². The number of piperidine rings is 1. The molecule has 5 nitrogen and oxygen atoms in total. The summed E-state index contributed by atoms with van der Waals surface area (Å²) < 4.78 is 0. The lowest BCUT2D eigenvalue weighted by Gasteiger charge is -2.36. The Labute approximate surface area is 145 Å². The van der Waals surface area contributed by atoms with E-state index in [1.807, 2.05) is 6.08 Å². The van der Waals surface area contributed by atoms with Crippen molar-refractivity contribution in [3.05, 3.63) is 12.7 Å². The zero-order valence-electron chi connectivity index (χ0n) is 14.8. The lowest BCUT2D eigenvalue weighted by molar-refractivity contribution is -0.150. The molecule has 0 bridgehead atoms. The normalized spacial score (nSPS) is 23.2. The molecule has 2 heterocycles. The maximum absolute atomic E-state index is 13.1. The van der Waals surface area contributed by atoms with Crippen molar-refractivity contribution in [2.24, 2.45) is 0 Å². The summed E-state index contributed by atoms with van der Waals surface area (Å²) in [5.41, 5.74) is 0. The van der Waals surface area contributed by atoms with Gasteiger partial charge >= 0.3 is 5.97 Å². The second-order valence-corrected chi connectivity index (χ2v) is 7.07. The number of likely N-dealkylation sites (tertiary alicyclic amines) is 2. The number of aliphatic carboxylic acids is 1. The Hall–Kier alpha value is -1.36. The number of unbranched alkanes of at least 4 members (excludes halogenated alkanes) is 3. The molecule has 2 aliphatic heterocycles. The summed E-state index contributed by atoms with van der Waals surface area (Å²) in [5, 5.41) is 9.38. The van der Waals surface area contributed by atoms with Crippen LogP contribution in [0.2, 0.25) is 0 Å². The van der Waals surface area contributed by atoms with Gasteiger partial charge in [0.1, 0.15) is 6.04 Å². The molecule has 0 spiro atoms. The summed E-state index contributed by atoms with van der Waals surface area (Å²) in [5.74, 6) is -0.810. The van der Waals surface area contributed by atoms with Gasteiger partial charge in [0.05, 0.1) is 6.04 Å². The largest absolute Gasteiger partial charge is 0.480 e. The minimum Gasteiger partial charge on any atom is -0.480 e. The first-order valence-corrected chi connectivity index (χ1v) is 9.53. The van der Waals surface area contributed by atoms with Crippen molar-refractivity contribution in [2.45, 2.75) is 76.3 Å². The molecular weight excluding hydrogens is 304 g/mol. The second kappa shape index (κ2) is 9.82. The minimum absolute atomic E-state index is 0.0468. The van der Waals surface area contributed by atoms with E-state index in [0.717, 1.165) is 64.5 Å². The summed E-state index contributed by atoms with van der Waals surface area (Å²) in [7, 11) is 0. The third-order valence-corrected chi connectivity index (χ3v) is 5.32. The number of carboxylic acid groups (broad SMARTS) is 1. The monoisotopic (exact) mass is 336 g/mol. The maximum atomic E-state index is 13.1. The molecule has 5 heteroatoms. The van der Waals surface area contributed by atoms with Crippen LogP contribution in [-0.4, -0.2) is 58.5 Å². The van der Waals surface area contributed by atoms with E-state index in [2.05, 4.69) is 11.5 Å². The molecular formula is C19H32N2O3. The lowest BCUT2D eigenvalue weighted by atomic mass is 10.0. The van der Waals surface area contributed by atoms with E-state index >= 15 is 0 Å². The third-order valence-electron chi connectivity index (χ3n) is 5.32. The smallest absolute Gasteiger partial charge is 0.326 e. The minimum atomic E-state index is -0.857. The topological polar surface area (TPSA) is 60.9 Å². The van der Waals surface area contributed by atoms with Crippen LogP contribution in [0.15, 0.2) is 12.7 Å². The number of allylic oxidation sites excluding steroid dienone is 1. The number of carboxylic acids is 1. The zero-order chi connectivity index (χ0) is 17.4. The predicted molar refractivity (Wildman–Crippen MR) is 94.9 cm³/mol. The number of carbonyl (C=O) groups is 2. The van der Waals surface area contributed by atoms with E-state index in [-0.39, 0.29) is 11.9 Å². The first kappa shape index (κ1) is 19.0. The summed E-state index contributed by atoms with van der Waals surface area (Å²) in [6.45, 7) is 6.28. The van der Waals surface area contributed by atoms with Gasteiger partial charge in [0.25, 0.3) is 0 Å². The molecule has 2 fully saturated rings. The van der Waals surface area contributed by atoms with Gasteiger partial charge in [-0.2, -0.15) is 0 Å². The highest BCUT2D eigenvalue weighted by atomic mass is 16.4.